The van der Waals surface area contributed by atoms with Gasteiger partial charge in [0, 0.05) is 4.83 Å². The topological polar surface area (TPSA) is 37.3 Å². The van der Waals surface area contributed by atoms with Gasteiger partial charge in [-0.1, -0.05) is 47.8 Å². The average Bonchev–Trinajstić information content (AvgIpc) is 2.26. The summed E-state index contributed by atoms with van der Waals surface area (Å²) in [5.41, 5.74) is 1.49. The maximum absolute atomic E-state index is 10.6. The smallest absolute Gasteiger partial charge is 0.335 e. The van der Waals surface area contributed by atoms with E-state index in [0.29, 0.717) is 10.4 Å². The van der Waals surface area contributed by atoms with Crippen LogP contribution >= 0.6 is 15.9 Å². The van der Waals surface area contributed by atoms with Crippen LogP contribution in [-0.4, -0.2) is 11.1 Å². The number of halogens is 1. The maximum Gasteiger partial charge on any atom is 0.335 e. The molecule has 82 valence electrons. The molecule has 0 aliphatic rings. The fourth-order valence-corrected chi connectivity index (χ4v) is 2.01. The van der Waals surface area contributed by atoms with E-state index >= 15 is 0 Å². The van der Waals surface area contributed by atoms with Crippen molar-refractivity contribution in [2.24, 2.45) is 0 Å². The number of hydrogen-bond acceptors (Lipinski definition) is 1. The van der Waals surface area contributed by atoms with Crippen LogP contribution in [0.1, 0.15) is 46.9 Å². The second kappa shape index (κ2) is 5.91. The van der Waals surface area contributed by atoms with Crippen LogP contribution in [0.2, 0.25) is 0 Å². The van der Waals surface area contributed by atoms with Crippen molar-refractivity contribution in [1.82, 2.24) is 0 Å². The molecule has 0 aliphatic heterocycles. The first-order valence-corrected chi connectivity index (χ1v) is 6.04. The summed E-state index contributed by atoms with van der Waals surface area (Å²) in [6.07, 6.45) is 3.44. The van der Waals surface area contributed by atoms with Crippen molar-refractivity contribution >= 4 is 21.9 Å². The number of carboxylic acid groups (broad SMARTS) is 1. The van der Waals surface area contributed by atoms with Crippen LogP contribution < -0.4 is 0 Å². The standard InChI is InChI=1S/C12H15BrO2/c1-2-3-4-11(13)9-5-7-10(8-6-9)12(14)15/h5-8,11H,2-4H2,1H3,(H,14,15). The third-order valence-electron chi connectivity index (χ3n) is 2.33. The molecule has 0 aliphatic carbocycles. The van der Waals surface area contributed by atoms with E-state index in [1.54, 1.807) is 12.1 Å². The molecule has 0 saturated heterocycles. The number of alkyl halides is 1. The molecule has 0 saturated carbocycles. The van der Waals surface area contributed by atoms with Crippen molar-refractivity contribution in [3.63, 3.8) is 0 Å². The first kappa shape index (κ1) is 12.2. The highest BCUT2D eigenvalue weighted by molar-refractivity contribution is 9.09. The van der Waals surface area contributed by atoms with Gasteiger partial charge in [-0.3, -0.25) is 0 Å². The van der Waals surface area contributed by atoms with Gasteiger partial charge >= 0.3 is 5.97 Å². The number of carboxylic acids is 1. The van der Waals surface area contributed by atoms with Gasteiger partial charge in [-0.25, -0.2) is 4.79 Å². The lowest BCUT2D eigenvalue weighted by Crippen LogP contribution is -1.97. The van der Waals surface area contributed by atoms with Crippen molar-refractivity contribution in [2.75, 3.05) is 0 Å². The fourth-order valence-electron chi connectivity index (χ4n) is 1.38. The predicted molar refractivity (Wildman–Crippen MR) is 64.6 cm³/mol. The number of hydrogen-bond donors (Lipinski definition) is 1. The molecule has 0 radical (unpaired) electrons. The third kappa shape index (κ3) is 3.67. The molecule has 1 rings (SSSR count). The third-order valence-corrected chi connectivity index (χ3v) is 3.32. The second-order valence-corrected chi connectivity index (χ2v) is 4.64. The predicted octanol–water partition coefficient (Wildman–Crippen LogP) is 4.01. The quantitative estimate of drug-likeness (QED) is 0.821. The SMILES string of the molecule is CCCCC(Br)c1ccc(C(=O)O)cc1. The lowest BCUT2D eigenvalue weighted by Gasteiger charge is -2.09. The lowest BCUT2D eigenvalue weighted by atomic mass is 10.1. The Balaban J connectivity index is 2.66. The number of carbonyl (C=O) groups is 1. The van der Waals surface area contributed by atoms with E-state index in [4.69, 9.17) is 5.11 Å². The minimum atomic E-state index is -0.874. The van der Waals surface area contributed by atoms with Gasteiger partial charge in [0.2, 0.25) is 0 Å². The molecule has 0 heterocycles. The highest BCUT2D eigenvalue weighted by Crippen LogP contribution is 2.28. The minimum Gasteiger partial charge on any atom is -0.478 e. The molecule has 0 aromatic heterocycles. The van der Waals surface area contributed by atoms with Gasteiger partial charge in [0.25, 0.3) is 0 Å². The van der Waals surface area contributed by atoms with E-state index in [2.05, 4.69) is 22.9 Å². The molecule has 0 spiro atoms. The van der Waals surface area contributed by atoms with E-state index in [0.717, 1.165) is 12.0 Å². The summed E-state index contributed by atoms with van der Waals surface area (Å²) >= 11 is 3.60. The first-order valence-electron chi connectivity index (χ1n) is 5.12. The van der Waals surface area contributed by atoms with Gasteiger partial charge in [-0.05, 0) is 24.1 Å². The summed E-state index contributed by atoms with van der Waals surface area (Å²) in [6.45, 7) is 2.16. The number of rotatable bonds is 5. The van der Waals surface area contributed by atoms with Crippen molar-refractivity contribution in [3.05, 3.63) is 35.4 Å². The van der Waals surface area contributed by atoms with Crippen molar-refractivity contribution in [1.29, 1.82) is 0 Å². The van der Waals surface area contributed by atoms with Gasteiger partial charge in [0.1, 0.15) is 0 Å². The zero-order valence-corrected chi connectivity index (χ0v) is 10.3. The molecule has 1 unspecified atom stereocenters. The second-order valence-electron chi connectivity index (χ2n) is 3.54. The Morgan fingerprint density at radius 3 is 2.47 bits per heavy atom. The summed E-state index contributed by atoms with van der Waals surface area (Å²) in [6, 6.07) is 7.05. The molecule has 0 amide bonds. The molecule has 0 fully saturated rings. The van der Waals surface area contributed by atoms with Crippen LogP contribution in [0.25, 0.3) is 0 Å². The number of benzene rings is 1. The van der Waals surface area contributed by atoms with Gasteiger partial charge in [0.15, 0.2) is 0 Å². The van der Waals surface area contributed by atoms with Crippen LogP contribution in [0.15, 0.2) is 24.3 Å². The van der Waals surface area contributed by atoms with Gasteiger partial charge in [0.05, 0.1) is 5.56 Å². The average molecular weight is 271 g/mol. The Bertz CT molecular complexity index is 319. The number of unbranched alkanes of at least 4 members (excludes halogenated alkanes) is 1. The summed E-state index contributed by atoms with van der Waals surface area (Å²) in [4.78, 5) is 11.0. The van der Waals surface area contributed by atoms with Crippen LogP contribution in [-0.2, 0) is 0 Å². The van der Waals surface area contributed by atoms with E-state index in [1.807, 2.05) is 12.1 Å². The van der Waals surface area contributed by atoms with Crippen LogP contribution in [0.4, 0.5) is 0 Å². The number of aromatic carboxylic acids is 1. The van der Waals surface area contributed by atoms with Crippen molar-refractivity contribution < 1.29 is 9.90 Å². The Hall–Kier alpha value is -0.830. The fraction of sp³-hybridized carbons (Fsp3) is 0.417. The molecule has 15 heavy (non-hydrogen) atoms. The maximum atomic E-state index is 10.6. The Kier molecular flexibility index (Phi) is 4.82. The zero-order valence-electron chi connectivity index (χ0n) is 8.74. The summed E-state index contributed by atoms with van der Waals surface area (Å²) < 4.78 is 0. The molecule has 2 nitrogen and oxygen atoms in total. The molecule has 1 atom stereocenters. The monoisotopic (exact) mass is 270 g/mol. The molecule has 1 aromatic rings. The van der Waals surface area contributed by atoms with Crippen LogP contribution in [0.5, 0.6) is 0 Å². The molecule has 3 heteroatoms. The van der Waals surface area contributed by atoms with Gasteiger partial charge in [-0.15, -0.1) is 0 Å². The van der Waals surface area contributed by atoms with E-state index < -0.39 is 5.97 Å². The molecule has 0 bridgehead atoms. The molecule has 1 aromatic carbocycles. The van der Waals surface area contributed by atoms with Gasteiger partial charge < -0.3 is 5.11 Å². The molecular weight excluding hydrogens is 256 g/mol. The highest BCUT2D eigenvalue weighted by atomic mass is 79.9. The normalized spacial score (nSPS) is 12.4. The molecular formula is C12H15BrO2. The molecule has 1 N–H and O–H groups in total. The van der Waals surface area contributed by atoms with E-state index in [-0.39, 0.29) is 0 Å². The Labute approximate surface area is 98.4 Å². The van der Waals surface area contributed by atoms with Gasteiger partial charge in [-0.2, -0.15) is 0 Å². The highest BCUT2D eigenvalue weighted by Gasteiger charge is 2.08. The van der Waals surface area contributed by atoms with Crippen LogP contribution in [0, 0.1) is 0 Å². The van der Waals surface area contributed by atoms with Crippen molar-refractivity contribution in [3.8, 4) is 0 Å². The van der Waals surface area contributed by atoms with E-state index in [1.165, 1.54) is 12.8 Å². The largest absolute Gasteiger partial charge is 0.478 e. The first-order chi connectivity index (χ1) is 7.15. The van der Waals surface area contributed by atoms with Crippen molar-refractivity contribution in [2.45, 2.75) is 31.0 Å². The van der Waals surface area contributed by atoms with E-state index in [9.17, 15) is 4.79 Å². The minimum absolute atomic E-state index is 0.334. The summed E-state index contributed by atoms with van der Waals surface area (Å²) in [5.74, 6) is -0.874. The zero-order chi connectivity index (χ0) is 11.3. The Morgan fingerprint density at radius 1 is 1.40 bits per heavy atom. The summed E-state index contributed by atoms with van der Waals surface area (Å²) in [5, 5.41) is 8.74. The summed E-state index contributed by atoms with van der Waals surface area (Å²) in [7, 11) is 0. The Morgan fingerprint density at radius 2 is 2.00 bits per heavy atom. The van der Waals surface area contributed by atoms with Crippen LogP contribution in [0.3, 0.4) is 0 Å². The lowest BCUT2D eigenvalue weighted by molar-refractivity contribution is 0.0697.